The predicted octanol–water partition coefficient (Wildman–Crippen LogP) is 1.27. The fourth-order valence-corrected chi connectivity index (χ4v) is 3.48. The van der Waals surface area contributed by atoms with Crippen LogP contribution in [-0.2, 0) is 11.3 Å². The van der Waals surface area contributed by atoms with Crippen LogP contribution in [-0.4, -0.2) is 43.6 Å². The van der Waals surface area contributed by atoms with Crippen LogP contribution in [0.2, 0.25) is 0 Å². The normalized spacial score (nSPS) is 17.2. The van der Waals surface area contributed by atoms with Gasteiger partial charge < -0.3 is 9.30 Å². The summed E-state index contributed by atoms with van der Waals surface area (Å²) in [5.74, 6) is -0.380. The van der Waals surface area contributed by atoms with Crippen molar-refractivity contribution in [3.63, 3.8) is 0 Å². The molecule has 1 saturated heterocycles. The number of nitrogens with one attached hydrogen (secondary N) is 2. The summed E-state index contributed by atoms with van der Waals surface area (Å²) >= 11 is 1.28. The Morgan fingerprint density at radius 1 is 1.48 bits per heavy atom. The van der Waals surface area contributed by atoms with Crippen molar-refractivity contribution >= 4 is 22.4 Å². The number of aryl methyl sites for hydroxylation is 1. The van der Waals surface area contributed by atoms with E-state index in [4.69, 9.17) is 4.74 Å². The van der Waals surface area contributed by atoms with Gasteiger partial charge in [0, 0.05) is 25.5 Å². The lowest BCUT2D eigenvalue weighted by atomic mass is 10.1. The standard InChI is InChI=1S/C15H16N6O3S/c1-8-17-20-15(25-8)16-13(22)10-6-21(5-9-3-2-4-24-9)7-11-12(10)18-19-14(11)23/h6-7,9H,2-5H2,1H3,(H,19,23)(H,16,20,22)/t9-/m1/s1. The molecule has 10 heteroatoms. The molecule has 0 saturated carbocycles. The Hall–Kier alpha value is -2.59. The van der Waals surface area contributed by atoms with Crippen molar-refractivity contribution in [1.29, 1.82) is 0 Å². The Balaban J connectivity index is 1.68. The minimum atomic E-state index is -0.380. The molecule has 130 valence electrons. The zero-order valence-corrected chi connectivity index (χ0v) is 14.3. The van der Waals surface area contributed by atoms with Crippen LogP contribution in [0.4, 0.5) is 5.13 Å². The number of amides is 1. The van der Waals surface area contributed by atoms with Gasteiger partial charge in [-0.15, -0.1) is 10.2 Å². The van der Waals surface area contributed by atoms with Crippen molar-refractivity contribution < 1.29 is 9.53 Å². The van der Waals surface area contributed by atoms with Gasteiger partial charge >= 0.3 is 0 Å². The number of pyridine rings is 1. The van der Waals surface area contributed by atoms with Crippen LogP contribution in [0.3, 0.4) is 0 Å². The molecular weight excluding hydrogens is 344 g/mol. The van der Waals surface area contributed by atoms with Gasteiger partial charge in [-0.2, -0.15) is 5.10 Å². The van der Waals surface area contributed by atoms with Gasteiger partial charge in [-0.1, -0.05) is 11.3 Å². The van der Waals surface area contributed by atoms with Crippen LogP contribution in [0.15, 0.2) is 17.2 Å². The monoisotopic (exact) mass is 360 g/mol. The Morgan fingerprint density at radius 3 is 3.08 bits per heavy atom. The van der Waals surface area contributed by atoms with Crippen molar-refractivity contribution in [3.8, 4) is 11.3 Å². The third-order valence-electron chi connectivity index (χ3n) is 4.04. The summed E-state index contributed by atoms with van der Waals surface area (Å²) in [5.41, 5.74) is 0.700. The molecule has 2 N–H and O–H groups in total. The highest BCUT2D eigenvalue weighted by molar-refractivity contribution is 7.15. The summed E-state index contributed by atoms with van der Waals surface area (Å²) in [6, 6.07) is 0. The van der Waals surface area contributed by atoms with Gasteiger partial charge in [0.1, 0.15) is 10.7 Å². The van der Waals surface area contributed by atoms with E-state index in [-0.39, 0.29) is 17.6 Å². The molecule has 1 atom stereocenters. The van der Waals surface area contributed by atoms with E-state index in [1.165, 1.54) is 11.3 Å². The van der Waals surface area contributed by atoms with E-state index in [0.29, 0.717) is 28.5 Å². The number of aromatic nitrogens is 5. The molecule has 1 fully saturated rings. The summed E-state index contributed by atoms with van der Waals surface area (Å²) in [6.07, 6.45) is 5.47. The third kappa shape index (κ3) is 3.17. The number of carbonyl (C=O) groups excluding carboxylic acids is 1. The Kier molecular flexibility index (Phi) is 4.06. The molecule has 3 aliphatic rings. The average Bonchev–Trinajstić information content (AvgIpc) is 3.31. The summed E-state index contributed by atoms with van der Waals surface area (Å²) < 4.78 is 7.45. The highest BCUT2D eigenvalue weighted by Crippen LogP contribution is 2.23. The number of nitrogens with zero attached hydrogens (tertiary/aromatic N) is 4. The highest BCUT2D eigenvalue weighted by Gasteiger charge is 2.24. The second-order valence-corrected chi connectivity index (χ2v) is 7.08. The molecule has 0 unspecified atom stereocenters. The highest BCUT2D eigenvalue weighted by atomic mass is 32.1. The quantitative estimate of drug-likeness (QED) is 0.724. The second-order valence-electron chi connectivity index (χ2n) is 5.90. The van der Waals surface area contributed by atoms with Crippen LogP contribution in [0, 0.1) is 6.92 Å². The van der Waals surface area contributed by atoms with Gasteiger partial charge in [0.25, 0.3) is 11.5 Å². The zero-order chi connectivity index (χ0) is 17.4. The van der Waals surface area contributed by atoms with E-state index in [1.54, 1.807) is 19.3 Å². The van der Waals surface area contributed by atoms with Crippen LogP contribution >= 0.6 is 11.3 Å². The first-order chi connectivity index (χ1) is 12.1. The van der Waals surface area contributed by atoms with Gasteiger partial charge in [-0.3, -0.25) is 14.9 Å². The maximum Gasteiger partial charge on any atom is 0.275 e. The molecule has 1 amide bonds. The van der Waals surface area contributed by atoms with Crippen LogP contribution < -0.4 is 10.9 Å². The number of anilines is 1. The molecule has 25 heavy (non-hydrogen) atoms. The van der Waals surface area contributed by atoms with Crippen molar-refractivity contribution in [2.45, 2.75) is 32.4 Å². The number of fused-ring (bicyclic) bond motifs is 1. The number of hydrogen-bond acceptors (Lipinski definition) is 7. The lowest BCUT2D eigenvalue weighted by Gasteiger charge is -2.15. The number of rotatable bonds is 4. The van der Waals surface area contributed by atoms with Crippen molar-refractivity contribution in [3.05, 3.63) is 33.3 Å². The fraction of sp³-hybridized carbons (Fsp3) is 0.400. The Labute approximate surface area is 146 Å². The molecular formula is C15H16N6O3S. The first-order valence-corrected chi connectivity index (χ1v) is 8.73. The minimum Gasteiger partial charge on any atom is -0.376 e. The molecule has 4 rings (SSSR count). The summed E-state index contributed by atoms with van der Waals surface area (Å²) in [4.78, 5) is 24.7. The molecule has 1 aromatic heterocycles. The van der Waals surface area contributed by atoms with Crippen molar-refractivity contribution in [1.82, 2.24) is 25.0 Å². The van der Waals surface area contributed by atoms with Gasteiger partial charge in [-0.25, -0.2) is 5.10 Å². The third-order valence-corrected chi connectivity index (χ3v) is 4.80. The lowest BCUT2D eigenvalue weighted by Crippen LogP contribution is -2.20. The summed E-state index contributed by atoms with van der Waals surface area (Å²) in [5, 5.41) is 18.0. The Morgan fingerprint density at radius 2 is 2.36 bits per heavy atom. The average molecular weight is 360 g/mol. The van der Waals surface area contributed by atoms with Gasteiger partial charge in [0.2, 0.25) is 5.13 Å². The number of H-pyrrole nitrogens is 1. The smallest absolute Gasteiger partial charge is 0.275 e. The van der Waals surface area contributed by atoms with Crippen molar-refractivity contribution in [2.75, 3.05) is 11.9 Å². The van der Waals surface area contributed by atoms with Crippen LogP contribution in [0.5, 0.6) is 0 Å². The molecule has 4 heterocycles. The molecule has 3 aliphatic heterocycles. The SMILES string of the molecule is Cc1nnc(NC(=O)c2cn(C[C@H]3CCCO3)cc3c(=O)[nH]nc2-3)s1. The van der Waals surface area contributed by atoms with E-state index < -0.39 is 0 Å². The zero-order valence-electron chi connectivity index (χ0n) is 13.5. The maximum absolute atomic E-state index is 12.7. The second kappa shape index (κ2) is 6.37. The van der Waals surface area contributed by atoms with Gasteiger partial charge in [0.05, 0.1) is 17.2 Å². The molecule has 1 aromatic rings. The molecule has 0 aromatic carbocycles. The van der Waals surface area contributed by atoms with Crippen LogP contribution in [0.1, 0.15) is 28.2 Å². The largest absolute Gasteiger partial charge is 0.376 e. The Bertz CT molecular complexity index is 939. The fourth-order valence-electron chi connectivity index (χ4n) is 2.90. The van der Waals surface area contributed by atoms with Crippen LogP contribution in [0.25, 0.3) is 11.3 Å². The van der Waals surface area contributed by atoms with E-state index >= 15 is 0 Å². The minimum absolute atomic E-state index is 0.0891. The predicted molar refractivity (Wildman–Crippen MR) is 91.0 cm³/mol. The van der Waals surface area contributed by atoms with E-state index in [2.05, 4.69) is 25.7 Å². The lowest BCUT2D eigenvalue weighted by molar-refractivity contribution is 0.0961. The molecule has 0 radical (unpaired) electrons. The molecule has 0 bridgehead atoms. The molecule has 9 nitrogen and oxygen atoms in total. The topological polar surface area (TPSA) is 115 Å². The van der Waals surface area contributed by atoms with Gasteiger partial charge in [-0.05, 0) is 19.8 Å². The van der Waals surface area contributed by atoms with E-state index in [0.717, 1.165) is 24.5 Å². The number of hydrogen-bond donors (Lipinski definition) is 2. The number of carbonyl (C=O) groups is 1. The maximum atomic E-state index is 12.7. The van der Waals surface area contributed by atoms with Crippen molar-refractivity contribution in [2.24, 2.45) is 0 Å². The van der Waals surface area contributed by atoms with Gasteiger partial charge in [0.15, 0.2) is 0 Å². The molecule has 0 aliphatic carbocycles. The first kappa shape index (κ1) is 15.9. The summed E-state index contributed by atoms with van der Waals surface area (Å²) in [7, 11) is 0. The van der Waals surface area contributed by atoms with E-state index in [1.807, 2.05) is 4.57 Å². The number of aromatic amines is 1. The first-order valence-electron chi connectivity index (χ1n) is 7.91. The molecule has 0 spiro atoms. The number of ether oxygens (including phenoxy) is 1. The summed E-state index contributed by atoms with van der Waals surface area (Å²) in [6.45, 7) is 3.13. The van der Waals surface area contributed by atoms with E-state index in [9.17, 15) is 9.59 Å².